The molecule has 0 saturated carbocycles. The summed E-state index contributed by atoms with van der Waals surface area (Å²) in [7, 11) is 3.06. The van der Waals surface area contributed by atoms with Crippen LogP contribution in [0.25, 0.3) is 0 Å². The van der Waals surface area contributed by atoms with Crippen LogP contribution in [0.3, 0.4) is 0 Å². The van der Waals surface area contributed by atoms with Crippen molar-refractivity contribution in [3.05, 3.63) is 51.0 Å². The molecule has 0 bridgehead atoms. The van der Waals surface area contributed by atoms with Crippen molar-refractivity contribution in [2.45, 2.75) is 27.2 Å². The van der Waals surface area contributed by atoms with E-state index in [0.717, 1.165) is 6.42 Å². The molecule has 0 aliphatic carbocycles. The van der Waals surface area contributed by atoms with E-state index in [1.165, 1.54) is 7.11 Å². The summed E-state index contributed by atoms with van der Waals surface area (Å²) in [6.45, 7) is 6.46. The Labute approximate surface area is 170 Å². The van der Waals surface area contributed by atoms with Crippen LogP contribution in [0.2, 0.25) is 10.0 Å². The summed E-state index contributed by atoms with van der Waals surface area (Å²) in [4.78, 5) is 13.3. The minimum atomic E-state index is -0.316. The van der Waals surface area contributed by atoms with Crippen LogP contribution in [0.4, 0.5) is 0 Å². The first-order chi connectivity index (χ1) is 12.8. The predicted molar refractivity (Wildman–Crippen MR) is 109 cm³/mol. The van der Waals surface area contributed by atoms with Gasteiger partial charge in [-0.25, -0.2) is 0 Å². The van der Waals surface area contributed by atoms with Gasteiger partial charge in [0.2, 0.25) is 5.75 Å². The fourth-order valence-electron chi connectivity index (χ4n) is 2.74. The van der Waals surface area contributed by atoms with Gasteiger partial charge < -0.3 is 14.2 Å². The number of ketones is 1. The third-order valence-corrected chi connectivity index (χ3v) is 4.81. The Morgan fingerprint density at radius 2 is 1.67 bits per heavy atom. The van der Waals surface area contributed by atoms with E-state index in [1.54, 1.807) is 31.4 Å². The zero-order chi connectivity index (χ0) is 20.1. The zero-order valence-corrected chi connectivity index (χ0v) is 17.7. The van der Waals surface area contributed by atoms with Crippen LogP contribution in [0, 0.1) is 12.8 Å². The number of carbonyl (C=O) groups excluding carboxylic acids is 1. The molecule has 0 fully saturated rings. The van der Waals surface area contributed by atoms with Crippen molar-refractivity contribution in [3.8, 4) is 17.2 Å². The van der Waals surface area contributed by atoms with Crippen LogP contribution in [0.5, 0.6) is 17.2 Å². The maximum absolute atomic E-state index is 13.3. The maximum atomic E-state index is 13.3. The van der Waals surface area contributed by atoms with Gasteiger partial charge in [0.25, 0.3) is 0 Å². The number of halogens is 2. The van der Waals surface area contributed by atoms with Gasteiger partial charge >= 0.3 is 0 Å². The molecule has 0 N–H and O–H groups in total. The van der Waals surface area contributed by atoms with E-state index >= 15 is 0 Å². The van der Waals surface area contributed by atoms with Crippen molar-refractivity contribution >= 4 is 29.0 Å². The second-order valence-electron chi connectivity index (χ2n) is 6.59. The van der Waals surface area contributed by atoms with Crippen molar-refractivity contribution in [2.75, 3.05) is 20.8 Å². The summed E-state index contributed by atoms with van der Waals surface area (Å²) in [5, 5.41) is 0.574. The van der Waals surface area contributed by atoms with E-state index in [9.17, 15) is 4.79 Å². The molecule has 0 aliphatic heterocycles. The second-order valence-corrected chi connectivity index (χ2v) is 7.40. The quantitative estimate of drug-likeness (QED) is 0.502. The standard InChI is InChI=1S/C21H24Cl2O4/c1-12(2)9-10-27-21-17(13(3)11-16(25-4)20(21)26-5)19(24)18-14(22)7-6-8-15(18)23/h6-8,11-12H,9-10H2,1-5H3. The summed E-state index contributed by atoms with van der Waals surface area (Å²) in [6, 6.07) is 6.71. The Kier molecular flexibility index (Phi) is 7.40. The van der Waals surface area contributed by atoms with Gasteiger partial charge in [0.1, 0.15) is 0 Å². The molecular formula is C21H24Cl2O4. The molecule has 0 saturated heterocycles. The minimum Gasteiger partial charge on any atom is -0.493 e. The number of hydrogen-bond acceptors (Lipinski definition) is 4. The lowest BCUT2D eigenvalue weighted by Gasteiger charge is -2.20. The molecule has 0 amide bonds. The lowest BCUT2D eigenvalue weighted by molar-refractivity contribution is 0.103. The van der Waals surface area contributed by atoms with Crippen LogP contribution in [0.1, 0.15) is 41.8 Å². The van der Waals surface area contributed by atoms with Gasteiger partial charge in [-0.2, -0.15) is 0 Å². The first kappa shape index (κ1) is 21.4. The van der Waals surface area contributed by atoms with E-state index < -0.39 is 0 Å². The molecule has 0 atom stereocenters. The lowest BCUT2D eigenvalue weighted by Crippen LogP contribution is -2.12. The molecule has 0 heterocycles. The normalized spacial score (nSPS) is 10.8. The van der Waals surface area contributed by atoms with Crippen molar-refractivity contribution in [3.63, 3.8) is 0 Å². The number of carbonyl (C=O) groups is 1. The number of methoxy groups -OCH3 is 2. The average Bonchev–Trinajstić information content (AvgIpc) is 2.60. The first-order valence-corrected chi connectivity index (χ1v) is 9.44. The van der Waals surface area contributed by atoms with Crippen molar-refractivity contribution < 1.29 is 19.0 Å². The molecule has 27 heavy (non-hydrogen) atoms. The first-order valence-electron chi connectivity index (χ1n) is 8.68. The van der Waals surface area contributed by atoms with Gasteiger partial charge in [0.15, 0.2) is 17.3 Å². The van der Waals surface area contributed by atoms with E-state index in [-0.39, 0.29) is 21.4 Å². The fourth-order valence-corrected chi connectivity index (χ4v) is 3.31. The molecule has 6 heteroatoms. The average molecular weight is 411 g/mol. The minimum absolute atomic E-state index is 0.241. The summed E-state index contributed by atoms with van der Waals surface area (Å²) in [6.07, 6.45) is 0.833. The van der Waals surface area contributed by atoms with Crippen LogP contribution in [0.15, 0.2) is 24.3 Å². The van der Waals surface area contributed by atoms with Gasteiger partial charge in [0.05, 0.1) is 42.0 Å². The Hall–Kier alpha value is -1.91. The molecule has 0 spiro atoms. The van der Waals surface area contributed by atoms with Crippen LogP contribution in [-0.4, -0.2) is 26.6 Å². The van der Waals surface area contributed by atoms with Gasteiger partial charge in [-0.15, -0.1) is 0 Å². The number of aryl methyl sites for hydroxylation is 1. The number of hydrogen-bond donors (Lipinski definition) is 0. The molecule has 0 radical (unpaired) electrons. The summed E-state index contributed by atoms with van der Waals surface area (Å²) in [5.41, 5.74) is 1.30. The highest BCUT2D eigenvalue weighted by molar-refractivity contribution is 6.41. The number of rotatable bonds is 8. The Morgan fingerprint density at radius 1 is 1.04 bits per heavy atom. The molecular weight excluding hydrogens is 387 g/mol. The molecule has 0 aromatic heterocycles. The summed E-state index contributed by atoms with van der Waals surface area (Å²) >= 11 is 12.5. The Morgan fingerprint density at radius 3 is 2.19 bits per heavy atom. The largest absolute Gasteiger partial charge is 0.493 e. The Bertz CT molecular complexity index is 811. The van der Waals surface area contributed by atoms with E-state index in [2.05, 4.69) is 13.8 Å². The SMILES string of the molecule is COc1cc(C)c(C(=O)c2c(Cl)cccc2Cl)c(OCCC(C)C)c1OC. The van der Waals surface area contributed by atoms with Crippen molar-refractivity contribution in [2.24, 2.45) is 5.92 Å². The van der Waals surface area contributed by atoms with Gasteiger partial charge in [-0.05, 0) is 43.0 Å². The fraction of sp³-hybridized carbons (Fsp3) is 0.381. The zero-order valence-electron chi connectivity index (χ0n) is 16.2. The predicted octanol–water partition coefficient (Wildman–Crippen LogP) is 5.97. The maximum Gasteiger partial charge on any atom is 0.204 e. The molecule has 2 rings (SSSR count). The lowest BCUT2D eigenvalue weighted by atomic mass is 9.96. The van der Waals surface area contributed by atoms with Crippen molar-refractivity contribution in [1.82, 2.24) is 0 Å². The molecule has 0 aliphatic rings. The summed E-state index contributed by atoms with van der Waals surface area (Å²) in [5.74, 6) is 1.36. The van der Waals surface area contributed by atoms with Crippen LogP contribution in [-0.2, 0) is 0 Å². The molecule has 4 nitrogen and oxygen atoms in total. The smallest absolute Gasteiger partial charge is 0.204 e. The molecule has 0 unspecified atom stereocenters. The Balaban J connectivity index is 2.64. The highest BCUT2D eigenvalue weighted by atomic mass is 35.5. The van der Waals surface area contributed by atoms with Gasteiger partial charge in [0, 0.05) is 0 Å². The third kappa shape index (κ3) is 4.69. The highest BCUT2D eigenvalue weighted by Crippen LogP contribution is 2.44. The highest BCUT2D eigenvalue weighted by Gasteiger charge is 2.27. The van der Waals surface area contributed by atoms with Crippen LogP contribution < -0.4 is 14.2 Å². The molecule has 2 aromatic rings. The molecule has 2 aromatic carbocycles. The van der Waals surface area contributed by atoms with E-state index in [4.69, 9.17) is 37.4 Å². The summed E-state index contributed by atoms with van der Waals surface area (Å²) < 4.78 is 16.9. The third-order valence-electron chi connectivity index (χ3n) is 4.18. The van der Waals surface area contributed by atoms with Crippen LogP contribution >= 0.6 is 23.2 Å². The van der Waals surface area contributed by atoms with E-state index in [0.29, 0.717) is 40.9 Å². The number of ether oxygens (including phenoxy) is 3. The van der Waals surface area contributed by atoms with Crippen molar-refractivity contribution in [1.29, 1.82) is 0 Å². The number of benzene rings is 2. The van der Waals surface area contributed by atoms with Gasteiger partial charge in [-0.1, -0.05) is 43.1 Å². The monoisotopic (exact) mass is 410 g/mol. The van der Waals surface area contributed by atoms with Gasteiger partial charge in [-0.3, -0.25) is 4.79 Å². The molecule has 146 valence electrons. The van der Waals surface area contributed by atoms with E-state index in [1.807, 2.05) is 6.92 Å². The second kappa shape index (κ2) is 9.34. The topological polar surface area (TPSA) is 44.8 Å².